The molecule has 0 saturated carbocycles. The number of aromatic nitrogens is 1. The number of hydrogen-bond acceptors (Lipinski definition) is 3. The lowest BCUT2D eigenvalue weighted by atomic mass is 9.97. The Morgan fingerprint density at radius 2 is 1.94 bits per heavy atom. The van der Waals surface area contributed by atoms with Gasteiger partial charge in [-0.1, -0.05) is 26.0 Å². The van der Waals surface area contributed by atoms with Gasteiger partial charge in [-0.15, -0.1) is 0 Å². The van der Waals surface area contributed by atoms with Crippen molar-refractivity contribution in [1.82, 2.24) is 4.98 Å². The number of fused-ring (bicyclic) bond motifs is 1. The molecule has 0 amide bonds. The van der Waals surface area contributed by atoms with Gasteiger partial charge in [0.2, 0.25) is 5.89 Å². The fraction of sp³-hybridized carbons (Fsp3) is 0.385. The fourth-order valence-electron chi connectivity index (χ4n) is 1.70. The van der Waals surface area contributed by atoms with Crippen LogP contribution in [0.1, 0.15) is 32.6 Å². The molecule has 0 bridgehead atoms. The Labute approximate surface area is 94.5 Å². The zero-order chi connectivity index (χ0) is 11.7. The van der Waals surface area contributed by atoms with Crippen LogP contribution in [-0.4, -0.2) is 10.8 Å². The molecular formula is C13H15NO2. The van der Waals surface area contributed by atoms with E-state index in [-0.39, 0.29) is 17.6 Å². The van der Waals surface area contributed by atoms with Gasteiger partial charge in [-0.25, -0.2) is 4.98 Å². The van der Waals surface area contributed by atoms with E-state index in [4.69, 9.17) is 4.42 Å². The summed E-state index contributed by atoms with van der Waals surface area (Å²) in [6, 6.07) is 7.54. The first-order valence-electron chi connectivity index (χ1n) is 5.49. The number of oxazole rings is 1. The van der Waals surface area contributed by atoms with E-state index in [0.717, 1.165) is 11.1 Å². The summed E-state index contributed by atoms with van der Waals surface area (Å²) in [4.78, 5) is 16.1. The minimum Gasteiger partial charge on any atom is -0.440 e. The maximum absolute atomic E-state index is 11.8. The summed E-state index contributed by atoms with van der Waals surface area (Å²) in [5.74, 6) is 0.406. The molecule has 0 radical (unpaired) electrons. The standard InChI is InChI=1S/C13H15NO2/c1-8(2)12(15)9(3)13-14-10-6-4-5-7-11(10)16-13/h4-9H,1-3H3. The smallest absolute Gasteiger partial charge is 0.205 e. The highest BCUT2D eigenvalue weighted by Crippen LogP contribution is 2.23. The summed E-state index contributed by atoms with van der Waals surface area (Å²) in [5, 5.41) is 0. The van der Waals surface area contributed by atoms with Crippen LogP contribution in [0.4, 0.5) is 0 Å². The van der Waals surface area contributed by atoms with Gasteiger partial charge in [-0.3, -0.25) is 4.79 Å². The SMILES string of the molecule is CC(C)C(=O)C(C)c1nc2ccccc2o1. The number of ketones is 1. The Balaban J connectivity index is 2.37. The molecule has 2 aromatic rings. The predicted octanol–water partition coefficient (Wildman–Crippen LogP) is 3.16. The second-order valence-electron chi connectivity index (χ2n) is 4.30. The number of Topliss-reactive ketones (excluding diaryl/α,β-unsaturated/α-hetero) is 1. The highest BCUT2D eigenvalue weighted by molar-refractivity contribution is 5.86. The van der Waals surface area contributed by atoms with Crippen LogP contribution >= 0.6 is 0 Å². The predicted molar refractivity (Wildman–Crippen MR) is 62.3 cm³/mol. The number of para-hydroxylation sites is 2. The van der Waals surface area contributed by atoms with Crippen LogP contribution in [0, 0.1) is 5.92 Å². The Morgan fingerprint density at radius 3 is 2.56 bits per heavy atom. The molecule has 1 unspecified atom stereocenters. The molecule has 3 heteroatoms. The van der Waals surface area contributed by atoms with Crippen molar-refractivity contribution in [3.63, 3.8) is 0 Å². The monoisotopic (exact) mass is 217 g/mol. The highest BCUT2D eigenvalue weighted by atomic mass is 16.3. The van der Waals surface area contributed by atoms with E-state index in [1.807, 2.05) is 45.0 Å². The third-order valence-electron chi connectivity index (χ3n) is 2.68. The van der Waals surface area contributed by atoms with Crippen molar-refractivity contribution in [2.75, 3.05) is 0 Å². The summed E-state index contributed by atoms with van der Waals surface area (Å²) in [6.45, 7) is 5.62. The van der Waals surface area contributed by atoms with Crippen LogP contribution in [0.25, 0.3) is 11.1 Å². The first kappa shape index (κ1) is 10.9. The van der Waals surface area contributed by atoms with Crippen LogP contribution in [-0.2, 0) is 4.79 Å². The number of carbonyl (C=O) groups is 1. The molecule has 0 aliphatic heterocycles. The van der Waals surface area contributed by atoms with E-state index in [0.29, 0.717) is 5.89 Å². The molecule has 0 fully saturated rings. The molecule has 16 heavy (non-hydrogen) atoms. The van der Waals surface area contributed by atoms with E-state index in [1.165, 1.54) is 0 Å². The molecule has 0 aliphatic rings. The van der Waals surface area contributed by atoms with Gasteiger partial charge in [-0.05, 0) is 19.1 Å². The molecule has 0 saturated heterocycles. The lowest BCUT2D eigenvalue weighted by molar-refractivity contribution is -0.123. The van der Waals surface area contributed by atoms with Gasteiger partial charge in [0.15, 0.2) is 5.58 Å². The summed E-state index contributed by atoms with van der Waals surface area (Å²) in [5.41, 5.74) is 1.54. The van der Waals surface area contributed by atoms with Gasteiger partial charge in [0.05, 0.1) is 5.92 Å². The summed E-state index contributed by atoms with van der Waals surface area (Å²) in [7, 11) is 0. The lowest BCUT2D eigenvalue weighted by Crippen LogP contribution is -2.15. The van der Waals surface area contributed by atoms with Crippen LogP contribution < -0.4 is 0 Å². The molecular weight excluding hydrogens is 202 g/mol. The van der Waals surface area contributed by atoms with Crippen molar-refractivity contribution < 1.29 is 9.21 Å². The molecule has 0 aliphatic carbocycles. The Hall–Kier alpha value is -1.64. The number of hydrogen-bond donors (Lipinski definition) is 0. The average Bonchev–Trinajstić information content (AvgIpc) is 2.70. The van der Waals surface area contributed by atoms with Gasteiger partial charge in [-0.2, -0.15) is 0 Å². The van der Waals surface area contributed by atoms with Crippen molar-refractivity contribution in [3.8, 4) is 0 Å². The Morgan fingerprint density at radius 1 is 1.25 bits per heavy atom. The topological polar surface area (TPSA) is 43.1 Å². The zero-order valence-corrected chi connectivity index (χ0v) is 9.73. The van der Waals surface area contributed by atoms with Gasteiger partial charge in [0.25, 0.3) is 0 Å². The lowest BCUT2D eigenvalue weighted by Gasteiger charge is -2.08. The first-order valence-corrected chi connectivity index (χ1v) is 5.49. The van der Waals surface area contributed by atoms with Crippen LogP contribution in [0.15, 0.2) is 28.7 Å². The minimum absolute atomic E-state index is 0.00464. The van der Waals surface area contributed by atoms with Crippen LogP contribution in [0.5, 0.6) is 0 Å². The van der Waals surface area contributed by atoms with E-state index >= 15 is 0 Å². The van der Waals surface area contributed by atoms with Gasteiger partial charge in [0.1, 0.15) is 11.3 Å². The highest BCUT2D eigenvalue weighted by Gasteiger charge is 2.22. The van der Waals surface area contributed by atoms with Gasteiger partial charge < -0.3 is 4.42 Å². The third-order valence-corrected chi connectivity index (χ3v) is 2.68. The van der Waals surface area contributed by atoms with Crippen molar-refractivity contribution in [1.29, 1.82) is 0 Å². The molecule has 84 valence electrons. The largest absolute Gasteiger partial charge is 0.440 e. The normalized spacial score (nSPS) is 13.2. The van der Waals surface area contributed by atoms with Gasteiger partial charge >= 0.3 is 0 Å². The molecule has 1 heterocycles. The Kier molecular flexibility index (Phi) is 2.77. The molecule has 0 N–H and O–H groups in total. The van der Waals surface area contributed by atoms with Crippen LogP contribution in [0.2, 0.25) is 0 Å². The van der Waals surface area contributed by atoms with Crippen molar-refractivity contribution in [2.24, 2.45) is 5.92 Å². The van der Waals surface area contributed by atoms with E-state index in [2.05, 4.69) is 4.98 Å². The summed E-state index contributed by atoms with van der Waals surface area (Å²) < 4.78 is 5.57. The maximum atomic E-state index is 11.8. The fourth-order valence-corrected chi connectivity index (χ4v) is 1.70. The van der Waals surface area contributed by atoms with Crippen molar-refractivity contribution >= 4 is 16.9 Å². The van der Waals surface area contributed by atoms with Crippen LogP contribution in [0.3, 0.4) is 0 Å². The second-order valence-corrected chi connectivity index (χ2v) is 4.30. The summed E-state index contributed by atoms with van der Waals surface area (Å²) in [6.07, 6.45) is 0. The molecule has 1 aromatic heterocycles. The van der Waals surface area contributed by atoms with E-state index in [1.54, 1.807) is 0 Å². The molecule has 2 rings (SSSR count). The summed E-state index contributed by atoms with van der Waals surface area (Å²) >= 11 is 0. The van der Waals surface area contributed by atoms with Crippen molar-refractivity contribution in [3.05, 3.63) is 30.2 Å². The maximum Gasteiger partial charge on any atom is 0.205 e. The van der Waals surface area contributed by atoms with Gasteiger partial charge in [0, 0.05) is 5.92 Å². The molecule has 1 aromatic carbocycles. The number of carbonyl (C=O) groups excluding carboxylic acids is 1. The Bertz CT molecular complexity index is 480. The zero-order valence-electron chi connectivity index (χ0n) is 9.73. The molecule has 1 atom stereocenters. The molecule has 3 nitrogen and oxygen atoms in total. The number of nitrogens with zero attached hydrogens (tertiary/aromatic N) is 1. The first-order chi connectivity index (χ1) is 7.59. The quantitative estimate of drug-likeness (QED) is 0.793. The minimum atomic E-state index is -0.271. The number of rotatable bonds is 3. The second kappa shape index (κ2) is 4.08. The van der Waals surface area contributed by atoms with E-state index in [9.17, 15) is 4.79 Å². The average molecular weight is 217 g/mol. The molecule has 0 spiro atoms. The third kappa shape index (κ3) is 1.85. The number of benzene rings is 1. The van der Waals surface area contributed by atoms with E-state index < -0.39 is 0 Å². The van der Waals surface area contributed by atoms with Crippen molar-refractivity contribution in [2.45, 2.75) is 26.7 Å².